The Morgan fingerprint density at radius 1 is 1.15 bits per heavy atom. The fraction of sp³-hybridized carbons (Fsp3) is 0.476. The summed E-state index contributed by atoms with van der Waals surface area (Å²) < 4.78 is 17.1. The molecule has 0 radical (unpaired) electrons. The lowest BCUT2D eigenvalue weighted by Gasteiger charge is -2.46. The van der Waals surface area contributed by atoms with Crippen LogP contribution in [0.3, 0.4) is 0 Å². The minimum atomic E-state index is -0.110. The van der Waals surface area contributed by atoms with E-state index in [2.05, 4.69) is 19.1 Å². The van der Waals surface area contributed by atoms with Crippen LogP contribution in [0, 0.1) is 0 Å². The zero-order chi connectivity index (χ0) is 18.6. The van der Waals surface area contributed by atoms with E-state index in [1.54, 1.807) is 12.1 Å². The molecule has 1 spiro atoms. The average Bonchev–Trinajstić information content (AvgIpc) is 3.33. The van der Waals surface area contributed by atoms with Crippen LogP contribution in [0.5, 0.6) is 11.5 Å². The van der Waals surface area contributed by atoms with Gasteiger partial charge in [0, 0.05) is 12.0 Å². The minimum Gasteiger partial charge on any atom is -0.486 e. The van der Waals surface area contributed by atoms with Crippen molar-refractivity contribution < 1.29 is 18.7 Å². The van der Waals surface area contributed by atoms with E-state index >= 15 is 0 Å². The highest BCUT2D eigenvalue weighted by Crippen LogP contribution is 2.52. The van der Waals surface area contributed by atoms with E-state index in [0.29, 0.717) is 25.5 Å². The Morgan fingerprint density at radius 2 is 1.85 bits per heavy atom. The van der Waals surface area contributed by atoms with Gasteiger partial charge in [0.25, 0.3) is 5.91 Å². The van der Waals surface area contributed by atoms with Crippen LogP contribution in [-0.2, 0) is 5.41 Å². The molecule has 2 aromatic rings. The van der Waals surface area contributed by atoms with Gasteiger partial charge in [-0.1, -0.05) is 12.8 Å². The van der Waals surface area contributed by atoms with Crippen molar-refractivity contribution in [2.45, 2.75) is 44.1 Å². The van der Waals surface area contributed by atoms with Gasteiger partial charge in [-0.3, -0.25) is 4.79 Å². The van der Waals surface area contributed by atoms with Gasteiger partial charge in [-0.05, 0) is 66.8 Å². The lowest BCUT2D eigenvalue weighted by atomic mass is 9.71. The molecule has 1 aromatic carbocycles. The van der Waals surface area contributed by atoms with Gasteiger partial charge in [0.1, 0.15) is 13.2 Å². The average molecular weight is 388 g/mol. The van der Waals surface area contributed by atoms with Crippen LogP contribution in [0.25, 0.3) is 0 Å². The highest BCUT2D eigenvalue weighted by Gasteiger charge is 2.46. The van der Waals surface area contributed by atoms with Crippen molar-refractivity contribution in [3.8, 4) is 11.5 Å². The molecule has 142 valence electrons. The molecule has 2 aliphatic heterocycles. The summed E-state index contributed by atoms with van der Waals surface area (Å²) in [6.45, 7) is 3.90. The molecule has 1 fully saturated rings. The quantitative estimate of drug-likeness (QED) is 0.709. The molecular formula is C21H22ClNO4. The zero-order valence-corrected chi connectivity index (χ0v) is 16.1. The van der Waals surface area contributed by atoms with Gasteiger partial charge in [-0.2, -0.15) is 0 Å². The smallest absolute Gasteiger partial charge is 0.290 e. The van der Waals surface area contributed by atoms with Gasteiger partial charge >= 0.3 is 0 Å². The van der Waals surface area contributed by atoms with E-state index in [-0.39, 0.29) is 22.6 Å². The largest absolute Gasteiger partial charge is 0.486 e. The highest BCUT2D eigenvalue weighted by atomic mass is 35.5. The molecule has 6 heteroatoms. The van der Waals surface area contributed by atoms with Crippen LogP contribution >= 0.6 is 11.6 Å². The Balaban J connectivity index is 1.61. The summed E-state index contributed by atoms with van der Waals surface area (Å²) in [6, 6.07) is 7.43. The van der Waals surface area contributed by atoms with Crippen LogP contribution < -0.4 is 9.47 Å². The van der Waals surface area contributed by atoms with Crippen LogP contribution in [0.4, 0.5) is 0 Å². The van der Waals surface area contributed by atoms with Crippen molar-refractivity contribution in [1.82, 2.24) is 4.90 Å². The number of halogens is 1. The van der Waals surface area contributed by atoms with Crippen molar-refractivity contribution >= 4 is 17.5 Å². The van der Waals surface area contributed by atoms with Crippen LogP contribution in [-0.4, -0.2) is 30.6 Å². The molecular weight excluding hydrogens is 366 g/mol. The summed E-state index contributed by atoms with van der Waals surface area (Å²) in [5.74, 6) is 1.79. The second-order valence-electron chi connectivity index (χ2n) is 7.78. The zero-order valence-electron chi connectivity index (χ0n) is 15.3. The second-order valence-corrected chi connectivity index (χ2v) is 8.16. The summed E-state index contributed by atoms with van der Waals surface area (Å²) in [5.41, 5.74) is 2.45. The Hall–Kier alpha value is -2.14. The van der Waals surface area contributed by atoms with E-state index in [1.807, 2.05) is 4.90 Å². The Bertz CT molecular complexity index is 900. The molecule has 0 bridgehead atoms. The lowest BCUT2D eigenvalue weighted by molar-refractivity contribution is 0.0561. The van der Waals surface area contributed by atoms with Gasteiger partial charge < -0.3 is 18.8 Å². The van der Waals surface area contributed by atoms with Gasteiger partial charge in [-0.15, -0.1) is 0 Å². The predicted molar refractivity (Wildman–Crippen MR) is 101 cm³/mol. The molecule has 1 aliphatic carbocycles. The van der Waals surface area contributed by atoms with Gasteiger partial charge in [0.15, 0.2) is 22.5 Å². The van der Waals surface area contributed by atoms with Gasteiger partial charge in [0.05, 0.1) is 6.04 Å². The molecule has 27 heavy (non-hydrogen) atoms. The van der Waals surface area contributed by atoms with Crippen LogP contribution in [0.2, 0.25) is 5.22 Å². The van der Waals surface area contributed by atoms with Crippen molar-refractivity contribution in [3.05, 3.63) is 46.4 Å². The third-order valence-electron chi connectivity index (χ3n) is 6.28. The molecule has 3 heterocycles. The second kappa shape index (κ2) is 6.20. The maximum absolute atomic E-state index is 13.2. The SMILES string of the molecule is CC1c2cc3c(cc2C2(CCCC2)CN1C(=O)c1ccc(Cl)o1)OCCO3. The number of carbonyl (C=O) groups is 1. The summed E-state index contributed by atoms with van der Waals surface area (Å²) >= 11 is 5.89. The molecule has 5 rings (SSSR count). The minimum absolute atomic E-state index is 0.0241. The number of benzene rings is 1. The predicted octanol–water partition coefficient (Wildman–Crippen LogP) is 4.73. The molecule has 3 aliphatic rings. The van der Waals surface area contributed by atoms with Crippen LogP contribution in [0.15, 0.2) is 28.7 Å². The molecule has 1 aromatic heterocycles. The van der Waals surface area contributed by atoms with Gasteiger partial charge in [0.2, 0.25) is 0 Å². The molecule has 5 nitrogen and oxygen atoms in total. The Kier molecular flexibility index (Phi) is 3.90. The number of rotatable bonds is 1. The number of hydrogen-bond acceptors (Lipinski definition) is 4. The number of furan rings is 1. The molecule has 1 saturated carbocycles. The monoisotopic (exact) mass is 387 g/mol. The van der Waals surface area contributed by atoms with Crippen LogP contribution in [0.1, 0.15) is 60.3 Å². The molecule has 1 unspecified atom stereocenters. The summed E-state index contributed by atoms with van der Waals surface area (Å²) in [5, 5.41) is 0.235. The number of hydrogen-bond donors (Lipinski definition) is 0. The first kappa shape index (κ1) is 17.0. The molecule has 1 atom stereocenters. The van der Waals surface area contributed by atoms with E-state index in [1.165, 1.54) is 18.4 Å². The first-order valence-electron chi connectivity index (χ1n) is 9.58. The first-order valence-corrected chi connectivity index (χ1v) is 9.96. The lowest BCUT2D eigenvalue weighted by Crippen LogP contribution is -2.48. The van der Waals surface area contributed by atoms with Crippen molar-refractivity contribution in [3.63, 3.8) is 0 Å². The summed E-state index contributed by atoms with van der Waals surface area (Å²) in [6.07, 6.45) is 4.51. The van der Waals surface area contributed by atoms with E-state index < -0.39 is 0 Å². The standard InChI is InChI=1S/C21H22ClNO4/c1-13-14-10-17-18(26-9-8-25-17)11-15(14)21(6-2-3-7-21)12-23(13)20(24)16-4-5-19(22)27-16/h4-5,10-11,13H,2-3,6-9,12H2,1H3. The van der Waals surface area contributed by atoms with E-state index in [9.17, 15) is 4.79 Å². The number of fused-ring (bicyclic) bond motifs is 3. The highest BCUT2D eigenvalue weighted by molar-refractivity contribution is 6.29. The van der Waals surface area contributed by atoms with Crippen molar-refractivity contribution in [1.29, 1.82) is 0 Å². The normalized spacial score (nSPS) is 22.7. The number of ether oxygens (including phenoxy) is 2. The van der Waals surface area contributed by atoms with Gasteiger partial charge in [-0.25, -0.2) is 0 Å². The summed E-state index contributed by atoms with van der Waals surface area (Å²) in [7, 11) is 0. The van der Waals surface area contributed by atoms with E-state index in [0.717, 1.165) is 29.9 Å². The van der Waals surface area contributed by atoms with E-state index in [4.69, 9.17) is 25.5 Å². The number of amides is 1. The first-order chi connectivity index (χ1) is 13.1. The molecule has 1 amide bonds. The maximum Gasteiger partial charge on any atom is 0.290 e. The summed E-state index contributed by atoms with van der Waals surface area (Å²) in [4.78, 5) is 15.1. The topological polar surface area (TPSA) is 51.9 Å². The molecule has 0 N–H and O–H groups in total. The number of nitrogens with zero attached hydrogens (tertiary/aromatic N) is 1. The Morgan fingerprint density at radius 3 is 2.52 bits per heavy atom. The number of carbonyl (C=O) groups excluding carboxylic acids is 1. The third kappa shape index (κ3) is 2.63. The third-order valence-corrected chi connectivity index (χ3v) is 6.48. The van der Waals surface area contributed by atoms with Crippen molar-refractivity contribution in [2.24, 2.45) is 0 Å². The van der Waals surface area contributed by atoms with Crippen molar-refractivity contribution in [2.75, 3.05) is 19.8 Å². The fourth-order valence-corrected chi connectivity index (χ4v) is 5.07. The maximum atomic E-state index is 13.2. The molecule has 0 saturated heterocycles. The Labute approximate surface area is 163 Å². The fourth-order valence-electron chi connectivity index (χ4n) is 4.92.